The number of hydrogen-bond acceptors (Lipinski definition) is 3. The van der Waals surface area contributed by atoms with Crippen LogP contribution in [0.5, 0.6) is 0 Å². The summed E-state index contributed by atoms with van der Waals surface area (Å²) >= 11 is 0. The van der Waals surface area contributed by atoms with Crippen molar-refractivity contribution in [2.24, 2.45) is 0 Å². The molecule has 1 heterocycles. The van der Waals surface area contributed by atoms with Gasteiger partial charge in [0.15, 0.2) is 0 Å². The molecule has 0 saturated carbocycles. The van der Waals surface area contributed by atoms with Crippen molar-refractivity contribution in [3.63, 3.8) is 0 Å². The molecular formula is C18H22N2O. The van der Waals surface area contributed by atoms with E-state index in [1.54, 1.807) is 7.11 Å². The minimum atomic E-state index is 0.728. The molecule has 3 heteroatoms. The monoisotopic (exact) mass is 282 g/mol. The van der Waals surface area contributed by atoms with Gasteiger partial charge in [-0.05, 0) is 17.7 Å². The zero-order chi connectivity index (χ0) is 14.8. The average Bonchev–Trinajstić information content (AvgIpc) is 2.54. The Hall–Kier alpha value is -1.97. The van der Waals surface area contributed by atoms with Crippen LogP contribution < -0.4 is 0 Å². The number of aromatic nitrogens is 1. The third-order valence-corrected chi connectivity index (χ3v) is 3.20. The molecule has 3 nitrogen and oxygen atoms in total. The fourth-order valence-electron chi connectivity index (χ4n) is 2.08. The summed E-state index contributed by atoms with van der Waals surface area (Å²) < 4.78 is 5.19. The smallest absolute Gasteiger partial charge is 0.0589 e. The summed E-state index contributed by atoms with van der Waals surface area (Å²) in [6.07, 6.45) is 6.18. The van der Waals surface area contributed by atoms with Gasteiger partial charge in [-0.1, -0.05) is 48.6 Å². The van der Waals surface area contributed by atoms with Crippen LogP contribution in [-0.2, 0) is 11.3 Å². The van der Waals surface area contributed by atoms with E-state index in [2.05, 4.69) is 52.4 Å². The molecular weight excluding hydrogens is 260 g/mol. The first-order valence-electron chi connectivity index (χ1n) is 7.21. The van der Waals surface area contributed by atoms with Gasteiger partial charge in [0, 0.05) is 32.9 Å². The fraction of sp³-hybridized carbons (Fsp3) is 0.278. The normalized spacial score (nSPS) is 11.3. The van der Waals surface area contributed by atoms with Crippen molar-refractivity contribution < 1.29 is 4.74 Å². The maximum Gasteiger partial charge on any atom is 0.0589 e. The van der Waals surface area contributed by atoms with Gasteiger partial charge < -0.3 is 4.74 Å². The first-order chi connectivity index (χ1) is 10.4. The number of ether oxygens (including phenoxy) is 1. The van der Waals surface area contributed by atoms with Gasteiger partial charge in [-0.25, -0.2) is 0 Å². The molecule has 0 bridgehead atoms. The van der Waals surface area contributed by atoms with Crippen LogP contribution in [0.3, 0.4) is 0 Å². The standard InChI is InChI=1S/C18H22N2O/c1-21-15-14-20(16-18-11-5-6-12-19-18)13-7-10-17-8-3-2-4-9-17/h2-12H,13-16H2,1H3/b10-7+. The molecule has 0 radical (unpaired) electrons. The molecule has 21 heavy (non-hydrogen) atoms. The van der Waals surface area contributed by atoms with Crippen LogP contribution in [0.15, 0.2) is 60.8 Å². The van der Waals surface area contributed by atoms with E-state index in [4.69, 9.17) is 4.74 Å². The first-order valence-corrected chi connectivity index (χ1v) is 7.21. The predicted octanol–water partition coefficient (Wildman–Crippen LogP) is 3.24. The van der Waals surface area contributed by atoms with E-state index in [9.17, 15) is 0 Å². The second-order valence-corrected chi connectivity index (χ2v) is 4.86. The van der Waals surface area contributed by atoms with E-state index < -0.39 is 0 Å². The van der Waals surface area contributed by atoms with Gasteiger partial charge in [0.25, 0.3) is 0 Å². The lowest BCUT2D eigenvalue weighted by Crippen LogP contribution is -2.27. The molecule has 0 aliphatic heterocycles. The number of nitrogens with zero attached hydrogens (tertiary/aromatic N) is 2. The molecule has 0 saturated heterocycles. The molecule has 2 aromatic rings. The highest BCUT2D eigenvalue weighted by Crippen LogP contribution is 2.04. The van der Waals surface area contributed by atoms with Crippen molar-refractivity contribution in [3.8, 4) is 0 Å². The van der Waals surface area contributed by atoms with E-state index in [0.717, 1.165) is 31.9 Å². The summed E-state index contributed by atoms with van der Waals surface area (Å²) in [5, 5.41) is 0. The van der Waals surface area contributed by atoms with Gasteiger partial charge in [-0.3, -0.25) is 9.88 Å². The Morgan fingerprint density at radius 2 is 1.90 bits per heavy atom. The topological polar surface area (TPSA) is 25.4 Å². The molecule has 0 aliphatic carbocycles. The van der Waals surface area contributed by atoms with Crippen LogP contribution in [-0.4, -0.2) is 36.7 Å². The summed E-state index contributed by atoms with van der Waals surface area (Å²) in [6, 6.07) is 16.4. The molecule has 0 N–H and O–H groups in total. The summed E-state index contributed by atoms with van der Waals surface area (Å²) in [5.74, 6) is 0. The number of hydrogen-bond donors (Lipinski definition) is 0. The van der Waals surface area contributed by atoms with Gasteiger partial charge in [0.2, 0.25) is 0 Å². The van der Waals surface area contributed by atoms with Crippen molar-refractivity contribution in [1.82, 2.24) is 9.88 Å². The van der Waals surface area contributed by atoms with Crippen LogP contribution in [0.2, 0.25) is 0 Å². The van der Waals surface area contributed by atoms with Crippen LogP contribution >= 0.6 is 0 Å². The third-order valence-electron chi connectivity index (χ3n) is 3.20. The second kappa shape index (κ2) is 9.06. The van der Waals surface area contributed by atoms with Gasteiger partial charge >= 0.3 is 0 Å². The Kier molecular flexibility index (Phi) is 6.65. The molecule has 0 fully saturated rings. The van der Waals surface area contributed by atoms with Crippen molar-refractivity contribution >= 4 is 6.08 Å². The largest absolute Gasteiger partial charge is 0.383 e. The Morgan fingerprint density at radius 3 is 2.62 bits per heavy atom. The van der Waals surface area contributed by atoms with Gasteiger partial charge in [0.1, 0.15) is 0 Å². The summed E-state index contributed by atoms with van der Waals surface area (Å²) in [4.78, 5) is 6.71. The number of pyridine rings is 1. The van der Waals surface area contributed by atoms with Crippen LogP contribution in [0.4, 0.5) is 0 Å². The van der Waals surface area contributed by atoms with E-state index in [0.29, 0.717) is 0 Å². The SMILES string of the molecule is COCCN(C/C=C/c1ccccc1)Cc1ccccn1. The molecule has 0 amide bonds. The maximum absolute atomic E-state index is 5.19. The maximum atomic E-state index is 5.19. The van der Waals surface area contributed by atoms with Crippen molar-refractivity contribution in [1.29, 1.82) is 0 Å². The van der Waals surface area contributed by atoms with Gasteiger partial charge in [-0.2, -0.15) is 0 Å². The lowest BCUT2D eigenvalue weighted by Gasteiger charge is -2.19. The Labute approximate surface area is 126 Å². The molecule has 1 aromatic carbocycles. The fourth-order valence-corrected chi connectivity index (χ4v) is 2.08. The van der Waals surface area contributed by atoms with E-state index in [1.165, 1.54) is 5.56 Å². The van der Waals surface area contributed by atoms with Gasteiger partial charge in [-0.15, -0.1) is 0 Å². The molecule has 0 spiro atoms. The number of methoxy groups -OCH3 is 1. The lowest BCUT2D eigenvalue weighted by atomic mass is 10.2. The quantitative estimate of drug-likeness (QED) is 0.743. The predicted molar refractivity (Wildman–Crippen MR) is 86.9 cm³/mol. The minimum Gasteiger partial charge on any atom is -0.383 e. The van der Waals surface area contributed by atoms with Crippen molar-refractivity contribution in [2.75, 3.05) is 26.8 Å². The van der Waals surface area contributed by atoms with Crippen LogP contribution in [0.1, 0.15) is 11.3 Å². The zero-order valence-electron chi connectivity index (χ0n) is 12.5. The minimum absolute atomic E-state index is 0.728. The molecule has 110 valence electrons. The number of rotatable bonds is 8. The number of benzene rings is 1. The summed E-state index contributed by atoms with van der Waals surface area (Å²) in [6.45, 7) is 3.34. The van der Waals surface area contributed by atoms with Crippen LogP contribution in [0.25, 0.3) is 6.08 Å². The third kappa shape index (κ3) is 5.90. The summed E-state index contributed by atoms with van der Waals surface area (Å²) in [5.41, 5.74) is 2.31. The average molecular weight is 282 g/mol. The highest BCUT2D eigenvalue weighted by Gasteiger charge is 2.04. The molecule has 1 aromatic heterocycles. The van der Waals surface area contributed by atoms with Crippen molar-refractivity contribution in [2.45, 2.75) is 6.54 Å². The lowest BCUT2D eigenvalue weighted by molar-refractivity contribution is 0.150. The highest BCUT2D eigenvalue weighted by molar-refractivity contribution is 5.48. The Balaban J connectivity index is 1.91. The molecule has 0 aliphatic rings. The van der Waals surface area contributed by atoms with Crippen LogP contribution in [0, 0.1) is 0 Å². The van der Waals surface area contributed by atoms with Gasteiger partial charge in [0.05, 0.1) is 12.3 Å². The van der Waals surface area contributed by atoms with E-state index in [-0.39, 0.29) is 0 Å². The van der Waals surface area contributed by atoms with Crippen molar-refractivity contribution in [3.05, 3.63) is 72.1 Å². The zero-order valence-corrected chi connectivity index (χ0v) is 12.5. The first kappa shape index (κ1) is 15.4. The second-order valence-electron chi connectivity index (χ2n) is 4.86. The Bertz CT molecular complexity index is 525. The Morgan fingerprint density at radius 1 is 1.10 bits per heavy atom. The highest BCUT2D eigenvalue weighted by atomic mass is 16.5. The molecule has 0 unspecified atom stereocenters. The van der Waals surface area contributed by atoms with E-state index in [1.807, 2.05) is 24.4 Å². The molecule has 0 atom stereocenters. The van der Waals surface area contributed by atoms with E-state index >= 15 is 0 Å². The summed E-state index contributed by atoms with van der Waals surface area (Å²) in [7, 11) is 1.73. The molecule has 2 rings (SSSR count).